The van der Waals surface area contributed by atoms with E-state index in [0.717, 1.165) is 12.8 Å². The number of rotatable bonds is 5. The molecule has 19 heavy (non-hydrogen) atoms. The van der Waals surface area contributed by atoms with Gasteiger partial charge in [-0.15, -0.1) is 0 Å². The fourth-order valence-electron chi connectivity index (χ4n) is 1.99. The van der Waals surface area contributed by atoms with Crippen LogP contribution >= 0.6 is 0 Å². The third-order valence-corrected chi connectivity index (χ3v) is 3.19. The molecule has 102 valence electrons. The van der Waals surface area contributed by atoms with Crippen LogP contribution in [0.3, 0.4) is 0 Å². The van der Waals surface area contributed by atoms with Crippen LogP contribution in [0.2, 0.25) is 0 Å². The smallest absolute Gasteiger partial charge is 0.278 e. The highest BCUT2D eigenvalue weighted by atomic mass is 16.3. The van der Waals surface area contributed by atoms with E-state index in [1.54, 1.807) is 4.90 Å². The van der Waals surface area contributed by atoms with Gasteiger partial charge >= 0.3 is 0 Å². The lowest BCUT2D eigenvalue weighted by Gasteiger charge is -2.19. The summed E-state index contributed by atoms with van der Waals surface area (Å²) in [5.74, 6) is 1.16. The standard InChI is InChI=1S/C11H15N5O3/c17-4-7-12-8-9(13-7)14-11(15-10(8)19)16(5-18)3-6-1-2-6/h6,17-18H,1-5H2,(H2,12,13,14,15,19). The Bertz CT molecular complexity index is 645. The third-order valence-electron chi connectivity index (χ3n) is 3.19. The van der Waals surface area contributed by atoms with Crippen LogP contribution in [-0.4, -0.2) is 43.4 Å². The minimum atomic E-state index is -0.360. The second-order valence-corrected chi connectivity index (χ2v) is 4.74. The monoisotopic (exact) mass is 265 g/mol. The van der Waals surface area contributed by atoms with Crippen molar-refractivity contribution in [2.45, 2.75) is 19.4 Å². The molecular formula is C11H15N5O3. The lowest BCUT2D eigenvalue weighted by molar-refractivity contribution is 0.273. The summed E-state index contributed by atoms with van der Waals surface area (Å²) >= 11 is 0. The molecule has 8 nitrogen and oxygen atoms in total. The van der Waals surface area contributed by atoms with Crippen molar-refractivity contribution in [3.8, 4) is 0 Å². The zero-order chi connectivity index (χ0) is 13.4. The van der Waals surface area contributed by atoms with E-state index in [9.17, 15) is 9.90 Å². The summed E-state index contributed by atoms with van der Waals surface area (Å²) in [6.07, 6.45) is 2.28. The molecule has 0 radical (unpaired) electrons. The Kier molecular flexibility index (Phi) is 2.96. The zero-order valence-electron chi connectivity index (χ0n) is 10.3. The third kappa shape index (κ3) is 2.32. The van der Waals surface area contributed by atoms with Gasteiger partial charge in [-0.25, -0.2) is 4.98 Å². The van der Waals surface area contributed by atoms with Gasteiger partial charge in [0.2, 0.25) is 5.95 Å². The molecule has 1 saturated carbocycles. The van der Waals surface area contributed by atoms with Crippen molar-refractivity contribution in [3.05, 3.63) is 16.2 Å². The van der Waals surface area contributed by atoms with E-state index in [0.29, 0.717) is 24.2 Å². The van der Waals surface area contributed by atoms with E-state index < -0.39 is 0 Å². The summed E-state index contributed by atoms with van der Waals surface area (Å²) in [5, 5.41) is 18.4. The number of imidazole rings is 1. The number of aromatic amines is 2. The van der Waals surface area contributed by atoms with Gasteiger partial charge in [0.05, 0.1) is 0 Å². The number of hydrogen-bond donors (Lipinski definition) is 4. The predicted molar refractivity (Wildman–Crippen MR) is 67.6 cm³/mol. The minimum absolute atomic E-state index is 0.206. The van der Waals surface area contributed by atoms with Gasteiger partial charge < -0.3 is 20.1 Å². The molecule has 0 spiro atoms. The number of aliphatic hydroxyl groups is 2. The summed E-state index contributed by atoms with van der Waals surface area (Å²) in [6, 6.07) is 0. The van der Waals surface area contributed by atoms with Crippen LogP contribution < -0.4 is 10.5 Å². The van der Waals surface area contributed by atoms with Gasteiger partial charge in [0.25, 0.3) is 5.56 Å². The SMILES string of the molecule is O=c1[nH]c(N(CO)CC2CC2)nc2nc(CO)[nH]c12. The topological polar surface area (TPSA) is 118 Å². The van der Waals surface area contributed by atoms with Crippen molar-refractivity contribution in [1.82, 2.24) is 19.9 Å². The van der Waals surface area contributed by atoms with Crippen molar-refractivity contribution in [3.63, 3.8) is 0 Å². The summed E-state index contributed by atoms with van der Waals surface area (Å²) in [7, 11) is 0. The molecule has 3 rings (SSSR count). The highest BCUT2D eigenvalue weighted by molar-refractivity contribution is 5.70. The number of hydrogen-bond acceptors (Lipinski definition) is 6. The highest BCUT2D eigenvalue weighted by Gasteiger charge is 2.25. The summed E-state index contributed by atoms with van der Waals surface area (Å²) < 4.78 is 0. The molecule has 2 aromatic rings. The molecule has 2 heterocycles. The van der Waals surface area contributed by atoms with Gasteiger partial charge in [-0.2, -0.15) is 4.98 Å². The Labute approximate surface area is 108 Å². The number of anilines is 1. The van der Waals surface area contributed by atoms with Crippen LogP contribution in [0.4, 0.5) is 5.95 Å². The van der Waals surface area contributed by atoms with Gasteiger partial charge in [-0.05, 0) is 18.8 Å². The van der Waals surface area contributed by atoms with Crippen LogP contribution in [0.25, 0.3) is 11.2 Å². The van der Waals surface area contributed by atoms with Gasteiger partial charge in [-0.1, -0.05) is 0 Å². The first kappa shape index (κ1) is 12.1. The molecule has 8 heteroatoms. The van der Waals surface area contributed by atoms with Gasteiger partial charge in [-0.3, -0.25) is 9.78 Å². The van der Waals surface area contributed by atoms with Crippen molar-refractivity contribution in [2.24, 2.45) is 5.92 Å². The number of nitrogens with one attached hydrogen (secondary N) is 2. The van der Waals surface area contributed by atoms with Crippen LogP contribution in [-0.2, 0) is 6.61 Å². The number of fused-ring (bicyclic) bond motifs is 1. The van der Waals surface area contributed by atoms with Crippen LogP contribution in [0.1, 0.15) is 18.7 Å². The molecular weight excluding hydrogens is 250 g/mol. The first-order valence-electron chi connectivity index (χ1n) is 6.17. The fraction of sp³-hybridized carbons (Fsp3) is 0.545. The summed E-state index contributed by atoms with van der Waals surface area (Å²) in [5.41, 5.74) is 0.121. The first-order valence-corrected chi connectivity index (χ1v) is 6.17. The Morgan fingerprint density at radius 2 is 2.05 bits per heavy atom. The second kappa shape index (κ2) is 4.63. The zero-order valence-corrected chi connectivity index (χ0v) is 10.3. The summed E-state index contributed by atoms with van der Waals surface area (Å²) in [6.45, 7) is 0.182. The molecule has 0 aliphatic heterocycles. The molecule has 0 aromatic carbocycles. The van der Waals surface area contributed by atoms with E-state index in [2.05, 4.69) is 19.9 Å². The Morgan fingerprint density at radius 3 is 2.68 bits per heavy atom. The maximum atomic E-state index is 11.9. The molecule has 1 fully saturated rings. The molecule has 0 unspecified atom stereocenters. The van der Waals surface area contributed by atoms with Crippen LogP contribution in [0, 0.1) is 5.92 Å². The maximum absolute atomic E-state index is 11.9. The first-order chi connectivity index (χ1) is 9.21. The number of aliphatic hydroxyl groups excluding tert-OH is 2. The Morgan fingerprint density at radius 1 is 1.26 bits per heavy atom. The van der Waals surface area contributed by atoms with Crippen molar-refractivity contribution in [1.29, 1.82) is 0 Å². The number of nitrogens with zero attached hydrogens (tertiary/aromatic N) is 3. The number of H-pyrrole nitrogens is 2. The maximum Gasteiger partial charge on any atom is 0.278 e. The van der Waals surface area contributed by atoms with E-state index in [1.807, 2.05) is 0 Å². The lowest BCUT2D eigenvalue weighted by atomic mass is 10.4. The lowest BCUT2D eigenvalue weighted by Crippen LogP contribution is -2.30. The molecule has 2 aromatic heterocycles. The Hall–Kier alpha value is -1.93. The molecule has 4 N–H and O–H groups in total. The van der Waals surface area contributed by atoms with E-state index >= 15 is 0 Å². The fourth-order valence-corrected chi connectivity index (χ4v) is 1.99. The van der Waals surface area contributed by atoms with Gasteiger partial charge in [0.1, 0.15) is 19.2 Å². The Balaban J connectivity index is 2.00. The molecule has 0 bridgehead atoms. The normalized spacial score (nSPS) is 15.1. The second-order valence-electron chi connectivity index (χ2n) is 4.74. The average molecular weight is 265 g/mol. The number of aromatic nitrogens is 4. The molecule has 1 aliphatic carbocycles. The van der Waals surface area contributed by atoms with Gasteiger partial charge in [0.15, 0.2) is 11.2 Å². The quantitative estimate of drug-likeness (QED) is 0.531. The van der Waals surface area contributed by atoms with E-state index in [-0.39, 0.29) is 30.1 Å². The highest BCUT2D eigenvalue weighted by Crippen LogP contribution is 2.30. The molecule has 0 saturated heterocycles. The van der Waals surface area contributed by atoms with E-state index in [1.165, 1.54) is 0 Å². The molecule has 0 atom stereocenters. The van der Waals surface area contributed by atoms with Crippen molar-refractivity contribution >= 4 is 17.1 Å². The predicted octanol–water partition coefficient (Wildman–Crippen LogP) is -0.695. The van der Waals surface area contributed by atoms with Crippen molar-refractivity contribution < 1.29 is 10.2 Å². The molecule has 0 amide bonds. The molecule has 1 aliphatic rings. The average Bonchev–Trinajstić information content (AvgIpc) is 3.12. The van der Waals surface area contributed by atoms with Crippen LogP contribution in [0.5, 0.6) is 0 Å². The minimum Gasteiger partial charge on any atom is -0.388 e. The largest absolute Gasteiger partial charge is 0.388 e. The van der Waals surface area contributed by atoms with Crippen molar-refractivity contribution in [2.75, 3.05) is 18.2 Å². The van der Waals surface area contributed by atoms with Crippen LogP contribution in [0.15, 0.2) is 4.79 Å². The van der Waals surface area contributed by atoms with E-state index in [4.69, 9.17) is 5.11 Å². The van der Waals surface area contributed by atoms with Gasteiger partial charge in [0, 0.05) is 6.54 Å². The summed E-state index contributed by atoms with van der Waals surface area (Å²) in [4.78, 5) is 27.1.